The Kier molecular flexibility index (Phi) is 2.50. The standard InChI is InChI=1S/C11H15NO/c1-9-6-7-11(13-9)8-12-10-4-2-3-5-10/h2-3,6-7,10,12H,4-5,8H2,1H3. The van der Waals surface area contributed by atoms with Crippen molar-refractivity contribution in [1.82, 2.24) is 5.32 Å². The van der Waals surface area contributed by atoms with Crippen LogP contribution in [0.4, 0.5) is 0 Å². The van der Waals surface area contributed by atoms with Crippen molar-refractivity contribution in [2.45, 2.75) is 32.4 Å². The zero-order valence-corrected chi connectivity index (χ0v) is 7.92. The molecule has 1 aromatic heterocycles. The zero-order valence-electron chi connectivity index (χ0n) is 7.92. The summed E-state index contributed by atoms with van der Waals surface area (Å²) in [5, 5.41) is 3.45. The molecule has 1 aliphatic carbocycles. The minimum absolute atomic E-state index is 0.616. The van der Waals surface area contributed by atoms with E-state index >= 15 is 0 Å². The zero-order chi connectivity index (χ0) is 9.10. The molecule has 0 saturated carbocycles. The van der Waals surface area contributed by atoms with E-state index in [1.165, 1.54) is 0 Å². The van der Waals surface area contributed by atoms with Crippen LogP contribution < -0.4 is 5.32 Å². The van der Waals surface area contributed by atoms with Crippen LogP contribution in [-0.2, 0) is 6.54 Å². The molecule has 2 heteroatoms. The van der Waals surface area contributed by atoms with Gasteiger partial charge in [0.15, 0.2) is 0 Å². The smallest absolute Gasteiger partial charge is 0.117 e. The molecule has 1 aliphatic rings. The monoisotopic (exact) mass is 177 g/mol. The van der Waals surface area contributed by atoms with E-state index in [0.29, 0.717) is 6.04 Å². The van der Waals surface area contributed by atoms with Gasteiger partial charge >= 0.3 is 0 Å². The lowest BCUT2D eigenvalue weighted by atomic mass is 10.2. The van der Waals surface area contributed by atoms with E-state index < -0.39 is 0 Å². The molecule has 0 radical (unpaired) electrons. The Morgan fingerprint density at radius 3 is 2.77 bits per heavy atom. The summed E-state index contributed by atoms with van der Waals surface area (Å²) in [5.41, 5.74) is 0. The summed E-state index contributed by atoms with van der Waals surface area (Å²) >= 11 is 0. The quantitative estimate of drug-likeness (QED) is 0.717. The van der Waals surface area contributed by atoms with Crippen molar-refractivity contribution >= 4 is 0 Å². The molecule has 2 rings (SSSR count). The summed E-state index contributed by atoms with van der Waals surface area (Å²) in [6.45, 7) is 2.82. The fraction of sp³-hybridized carbons (Fsp3) is 0.455. The molecule has 0 fully saturated rings. The number of nitrogens with one attached hydrogen (secondary N) is 1. The van der Waals surface area contributed by atoms with Crippen LogP contribution in [0.3, 0.4) is 0 Å². The maximum Gasteiger partial charge on any atom is 0.117 e. The lowest BCUT2D eigenvalue weighted by Crippen LogP contribution is -2.25. The SMILES string of the molecule is Cc1ccc(CNC2CC=CC2)o1. The molecule has 1 aromatic rings. The first kappa shape index (κ1) is 8.57. The van der Waals surface area contributed by atoms with Crippen LogP contribution in [0.25, 0.3) is 0 Å². The molecule has 0 aromatic carbocycles. The number of furan rings is 1. The third kappa shape index (κ3) is 2.22. The highest BCUT2D eigenvalue weighted by atomic mass is 16.3. The molecular formula is C11H15NO. The van der Waals surface area contributed by atoms with Gasteiger partial charge in [0.1, 0.15) is 11.5 Å². The largest absolute Gasteiger partial charge is 0.465 e. The van der Waals surface area contributed by atoms with E-state index in [4.69, 9.17) is 4.42 Å². The van der Waals surface area contributed by atoms with E-state index in [1.54, 1.807) is 0 Å². The third-order valence-corrected chi connectivity index (χ3v) is 2.37. The third-order valence-electron chi connectivity index (χ3n) is 2.37. The molecule has 0 unspecified atom stereocenters. The molecule has 1 heterocycles. The first-order valence-corrected chi connectivity index (χ1v) is 4.78. The van der Waals surface area contributed by atoms with Crippen LogP contribution in [0.2, 0.25) is 0 Å². The van der Waals surface area contributed by atoms with Gasteiger partial charge in [0.2, 0.25) is 0 Å². The van der Waals surface area contributed by atoms with Gasteiger partial charge in [-0.3, -0.25) is 0 Å². The molecule has 0 amide bonds. The summed E-state index contributed by atoms with van der Waals surface area (Å²) in [5.74, 6) is 2.02. The Morgan fingerprint density at radius 1 is 1.38 bits per heavy atom. The van der Waals surface area contributed by atoms with Crippen molar-refractivity contribution in [3.8, 4) is 0 Å². The highest BCUT2D eigenvalue weighted by molar-refractivity contribution is 5.06. The lowest BCUT2D eigenvalue weighted by molar-refractivity contribution is 0.437. The van der Waals surface area contributed by atoms with Crippen LogP contribution in [0.5, 0.6) is 0 Å². The van der Waals surface area contributed by atoms with Gasteiger partial charge in [-0.25, -0.2) is 0 Å². The predicted octanol–water partition coefficient (Wildman–Crippen LogP) is 2.40. The lowest BCUT2D eigenvalue weighted by Gasteiger charge is -2.09. The molecule has 0 spiro atoms. The number of hydrogen-bond acceptors (Lipinski definition) is 2. The van der Waals surface area contributed by atoms with Gasteiger partial charge in [-0.2, -0.15) is 0 Å². The Labute approximate surface area is 78.6 Å². The molecule has 1 N–H and O–H groups in total. The van der Waals surface area contributed by atoms with Gasteiger partial charge in [-0.1, -0.05) is 12.2 Å². The van der Waals surface area contributed by atoms with Crippen molar-refractivity contribution in [1.29, 1.82) is 0 Å². The summed E-state index contributed by atoms with van der Waals surface area (Å²) in [7, 11) is 0. The minimum Gasteiger partial charge on any atom is -0.465 e. The molecule has 0 atom stereocenters. The summed E-state index contributed by atoms with van der Waals surface area (Å²) in [4.78, 5) is 0. The second-order valence-corrected chi connectivity index (χ2v) is 3.53. The van der Waals surface area contributed by atoms with Crippen LogP contribution >= 0.6 is 0 Å². The van der Waals surface area contributed by atoms with Crippen LogP contribution in [-0.4, -0.2) is 6.04 Å². The van der Waals surface area contributed by atoms with Crippen LogP contribution in [0, 0.1) is 6.92 Å². The average Bonchev–Trinajstić information content (AvgIpc) is 2.71. The number of rotatable bonds is 3. The van der Waals surface area contributed by atoms with E-state index in [2.05, 4.69) is 17.5 Å². The first-order valence-electron chi connectivity index (χ1n) is 4.78. The summed E-state index contributed by atoms with van der Waals surface area (Å²) in [6.07, 6.45) is 6.76. The van der Waals surface area contributed by atoms with Gasteiger partial charge in [-0.05, 0) is 31.9 Å². The Morgan fingerprint density at radius 2 is 2.15 bits per heavy atom. The highest BCUT2D eigenvalue weighted by Gasteiger charge is 2.09. The van der Waals surface area contributed by atoms with E-state index in [0.717, 1.165) is 30.9 Å². The summed E-state index contributed by atoms with van der Waals surface area (Å²) in [6, 6.07) is 4.65. The fourth-order valence-corrected chi connectivity index (χ4v) is 1.61. The van der Waals surface area contributed by atoms with Crippen molar-refractivity contribution in [3.05, 3.63) is 35.8 Å². The Balaban J connectivity index is 1.79. The van der Waals surface area contributed by atoms with Crippen molar-refractivity contribution in [2.75, 3.05) is 0 Å². The van der Waals surface area contributed by atoms with Crippen molar-refractivity contribution < 1.29 is 4.42 Å². The topological polar surface area (TPSA) is 25.2 Å². The Bertz CT molecular complexity index is 293. The molecular weight excluding hydrogens is 162 g/mol. The number of hydrogen-bond donors (Lipinski definition) is 1. The van der Waals surface area contributed by atoms with Gasteiger partial charge in [0, 0.05) is 6.04 Å². The van der Waals surface area contributed by atoms with E-state index in [1.807, 2.05) is 19.1 Å². The normalized spacial score (nSPS) is 17.0. The second-order valence-electron chi connectivity index (χ2n) is 3.53. The van der Waals surface area contributed by atoms with Gasteiger partial charge < -0.3 is 9.73 Å². The Hall–Kier alpha value is -1.02. The molecule has 0 saturated heterocycles. The van der Waals surface area contributed by atoms with E-state index in [-0.39, 0.29) is 0 Å². The summed E-state index contributed by atoms with van der Waals surface area (Å²) < 4.78 is 5.46. The first-order chi connectivity index (χ1) is 6.34. The molecule has 13 heavy (non-hydrogen) atoms. The molecule has 70 valence electrons. The predicted molar refractivity (Wildman–Crippen MR) is 52.4 cm³/mol. The van der Waals surface area contributed by atoms with Crippen LogP contribution in [0.15, 0.2) is 28.7 Å². The highest BCUT2D eigenvalue weighted by Crippen LogP contribution is 2.11. The maximum absolute atomic E-state index is 5.46. The van der Waals surface area contributed by atoms with Crippen molar-refractivity contribution in [3.63, 3.8) is 0 Å². The van der Waals surface area contributed by atoms with Crippen LogP contribution in [0.1, 0.15) is 24.4 Å². The molecule has 0 aliphatic heterocycles. The second kappa shape index (κ2) is 3.79. The van der Waals surface area contributed by atoms with Gasteiger partial charge in [0.05, 0.1) is 6.54 Å². The minimum atomic E-state index is 0.616. The fourth-order valence-electron chi connectivity index (χ4n) is 1.61. The van der Waals surface area contributed by atoms with Crippen molar-refractivity contribution in [2.24, 2.45) is 0 Å². The van der Waals surface area contributed by atoms with Gasteiger partial charge in [0.25, 0.3) is 0 Å². The van der Waals surface area contributed by atoms with E-state index in [9.17, 15) is 0 Å². The molecule has 2 nitrogen and oxygen atoms in total. The maximum atomic E-state index is 5.46. The average molecular weight is 177 g/mol. The molecule has 0 bridgehead atoms. The van der Waals surface area contributed by atoms with Gasteiger partial charge in [-0.15, -0.1) is 0 Å². The number of aryl methyl sites for hydroxylation is 1.